The third kappa shape index (κ3) is 4.38. The lowest BCUT2D eigenvalue weighted by Gasteiger charge is -2.16. The molecule has 0 saturated carbocycles. The highest BCUT2D eigenvalue weighted by molar-refractivity contribution is 6.11. The van der Waals surface area contributed by atoms with Crippen molar-refractivity contribution in [1.29, 1.82) is 10.5 Å². The van der Waals surface area contributed by atoms with E-state index >= 15 is 0 Å². The van der Waals surface area contributed by atoms with E-state index in [1.54, 1.807) is 0 Å². The molecule has 0 aliphatic carbocycles. The average molecular weight is 636 g/mol. The smallest absolute Gasteiger partial charge is 0.195 e. The van der Waals surface area contributed by atoms with Crippen LogP contribution in [0.25, 0.3) is 82.1 Å². The number of nitriles is 2. The summed E-state index contributed by atoms with van der Waals surface area (Å²) < 4.78 is 4.49. The van der Waals surface area contributed by atoms with Gasteiger partial charge in [-0.1, -0.05) is 78.9 Å². The quantitative estimate of drug-likeness (QED) is 0.181. The van der Waals surface area contributed by atoms with Crippen LogP contribution >= 0.6 is 0 Å². The Kier molecular flexibility index (Phi) is 6.56. The van der Waals surface area contributed by atoms with Crippen molar-refractivity contribution in [2.45, 2.75) is 0 Å². The molecule has 230 valence electrons. The highest BCUT2D eigenvalue weighted by Crippen LogP contribution is 2.40. The Morgan fingerprint density at radius 3 is 1.68 bits per heavy atom. The molecule has 2 aromatic heterocycles. The van der Waals surface area contributed by atoms with Crippen molar-refractivity contribution in [2.75, 3.05) is 0 Å². The van der Waals surface area contributed by atoms with Gasteiger partial charge in [0.1, 0.15) is 0 Å². The van der Waals surface area contributed by atoms with Gasteiger partial charge in [-0.15, -0.1) is 0 Å². The lowest BCUT2D eigenvalue weighted by atomic mass is 9.96. The zero-order valence-electron chi connectivity index (χ0n) is 26.7. The summed E-state index contributed by atoms with van der Waals surface area (Å²) in [6, 6.07) is 55.6. The largest absolute Gasteiger partial charge is 0.309 e. The van der Waals surface area contributed by atoms with Gasteiger partial charge in [-0.2, -0.15) is 10.5 Å². The van der Waals surface area contributed by atoms with Gasteiger partial charge in [-0.3, -0.25) is 0 Å². The minimum atomic E-state index is 0.572. The number of hydrogen-bond donors (Lipinski definition) is 0. The van der Waals surface area contributed by atoms with Crippen LogP contribution in [0.1, 0.15) is 11.1 Å². The molecule has 50 heavy (non-hydrogen) atoms. The van der Waals surface area contributed by atoms with E-state index < -0.39 is 0 Å². The molecule has 0 N–H and O–H groups in total. The lowest BCUT2D eigenvalue weighted by Crippen LogP contribution is -1.97. The normalized spacial score (nSPS) is 11.1. The van der Waals surface area contributed by atoms with Gasteiger partial charge in [0.25, 0.3) is 0 Å². The zero-order chi connectivity index (χ0) is 33.8. The molecule has 0 amide bonds. The second-order valence-electron chi connectivity index (χ2n) is 12.3. The average Bonchev–Trinajstić information content (AvgIpc) is 3.69. The molecule has 9 rings (SSSR count). The van der Waals surface area contributed by atoms with E-state index in [4.69, 9.17) is 6.57 Å². The molecule has 7 aromatic carbocycles. The standard InChI is InChI=1S/C45H25N5/c1-48-40-20-19-33(49-42-15-6-3-12-35(42)38-23-29(27-46)17-21-44(38)49)26-37(40)32-10-8-9-31(25-32)34-11-2-5-14-41(34)50-43-16-7-4-13-36(43)39-24-30(28-47)18-22-45(39)50/h2-26H. The van der Waals surface area contributed by atoms with Crippen molar-refractivity contribution in [3.05, 3.63) is 174 Å². The molecule has 0 aliphatic heterocycles. The van der Waals surface area contributed by atoms with Crippen molar-refractivity contribution in [2.24, 2.45) is 0 Å². The number of rotatable bonds is 4. The predicted molar refractivity (Wildman–Crippen MR) is 202 cm³/mol. The van der Waals surface area contributed by atoms with Crippen LogP contribution in [0.5, 0.6) is 0 Å². The van der Waals surface area contributed by atoms with Crippen molar-refractivity contribution in [1.82, 2.24) is 9.13 Å². The third-order valence-electron chi connectivity index (χ3n) is 9.59. The number of para-hydroxylation sites is 3. The van der Waals surface area contributed by atoms with Crippen molar-refractivity contribution < 1.29 is 0 Å². The second-order valence-corrected chi connectivity index (χ2v) is 12.3. The van der Waals surface area contributed by atoms with E-state index in [0.29, 0.717) is 16.8 Å². The molecular formula is C45H25N5. The number of benzene rings is 7. The molecule has 0 bridgehead atoms. The molecule has 5 heteroatoms. The first-order chi connectivity index (χ1) is 24.7. The Morgan fingerprint density at radius 1 is 0.460 bits per heavy atom. The van der Waals surface area contributed by atoms with E-state index in [0.717, 1.165) is 77.2 Å². The van der Waals surface area contributed by atoms with Crippen molar-refractivity contribution in [3.63, 3.8) is 0 Å². The van der Waals surface area contributed by atoms with Crippen LogP contribution in [-0.2, 0) is 0 Å². The van der Waals surface area contributed by atoms with Gasteiger partial charge >= 0.3 is 0 Å². The summed E-state index contributed by atoms with van der Waals surface area (Å²) in [7, 11) is 0. The maximum Gasteiger partial charge on any atom is 0.195 e. The van der Waals surface area contributed by atoms with Crippen molar-refractivity contribution in [3.8, 4) is 45.8 Å². The molecule has 2 heterocycles. The fourth-order valence-electron chi connectivity index (χ4n) is 7.38. The molecule has 0 unspecified atom stereocenters. The van der Waals surface area contributed by atoms with Gasteiger partial charge in [0.2, 0.25) is 0 Å². The SMILES string of the molecule is [C-]#[N+]c1ccc(-n2c3ccccc3c3cc(C#N)ccc32)cc1-c1cccc(-c2ccccc2-n2c3ccccc3c3cc(C#N)ccc32)c1. The van der Waals surface area contributed by atoms with Gasteiger partial charge in [-0.05, 0) is 89.5 Å². The predicted octanol–water partition coefficient (Wildman–Crippen LogP) is 11.5. The minimum absolute atomic E-state index is 0.572. The topological polar surface area (TPSA) is 61.8 Å². The second kappa shape index (κ2) is 11.4. The third-order valence-corrected chi connectivity index (χ3v) is 9.59. The first kappa shape index (κ1) is 28.8. The van der Waals surface area contributed by atoms with Gasteiger partial charge in [-0.25, -0.2) is 4.85 Å². The first-order valence-corrected chi connectivity index (χ1v) is 16.3. The lowest BCUT2D eigenvalue weighted by molar-refractivity contribution is 1.18. The molecule has 9 aromatic rings. The van der Waals surface area contributed by atoms with E-state index in [1.165, 1.54) is 0 Å². The van der Waals surface area contributed by atoms with Crippen molar-refractivity contribution >= 4 is 49.3 Å². The summed E-state index contributed by atoms with van der Waals surface area (Å²) in [5, 5.41) is 23.5. The molecule has 0 radical (unpaired) electrons. The molecule has 0 spiro atoms. The fraction of sp³-hybridized carbons (Fsp3) is 0. The summed E-state index contributed by atoms with van der Waals surface area (Å²) in [4.78, 5) is 3.94. The number of nitrogens with zero attached hydrogens (tertiary/aromatic N) is 5. The first-order valence-electron chi connectivity index (χ1n) is 16.3. The maximum absolute atomic E-state index is 9.64. The van der Waals surface area contributed by atoms with Gasteiger partial charge < -0.3 is 9.13 Å². The van der Waals surface area contributed by atoms with Crippen LogP contribution in [0.15, 0.2) is 152 Å². The summed E-state index contributed by atoms with van der Waals surface area (Å²) in [6.07, 6.45) is 0. The highest BCUT2D eigenvalue weighted by Gasteiger charge is 2.18. The van der Waals surface area contributed by atoms with Crippen LogP contribution in [0, 0.1) is 29.2 Å². The maximum atomic E-state index is 9.64. The Hall–Kier alpha value is -7.39. The zero-order valence-corrected chi connectivity index (χ0v) is 26.7. The Morgan fingerprint density at radius 2 is 1.02 bits per heavy atom. The van der Waals surface area contributed by atoms with E-state index in [2.05, 4.69) is 105 Å². The van der Waals surface area contributed by atoms with Gasteiger partial charge in [0.15, 0.2) is 5.69 Å². The molecule has 0 saturated heterocycles. The Bertz CT molecular complexity index is 2970. The van der Waals surface area contributed by atoms with Crippen LogP contribution < -0.4 is 0 Å². The molecule has 0 fully saturated rings. The number of fused-ring (bicyclic) bond motifs is 6. The van der Waals surface area contributed by atoms with Crippen LogP contribution in [0.2, 0.25) is 0 Å². The molecule has 5 nitrogen and oxygen atoms in total. The van der Waals surface area contributed by atoms with E-state index in [1.807, 2.05) is 72.8 Å². The Labute approximate surface area is 288 Å². The Balaban J connectivity index is 1.23. The summed E-state index contributed by atoms with van der Waals surface area (Å²) in [5.74, 6) is 0. The van der Waals surface area contributed by atoms with Crippen LogP contribution in [0.4, 0.5) is 5.69 Å². The summed E-state index contributed by atoms with van der Waals surface area (Å²) >= 11 is 0. The molecule has 0 atom stereocenters. The summed E-state index contributed by atoms with van der Waals surface area (Å²) in [5.41, 5.74) is 11.8. The molecule has 0 aliphatic rings. The highest BCUT2D eigenvalue weighted by atomic mass is 15.0. The van der Waals surface area contributed by atoms with Crippen LogP contribution in [-0.4, -0.2) is 9.13 Å². The van der Waals surface area contributed by atoms with Crippen LogP contribution in [0.3, 0.4) is 0 Å². The minimum Gasteiger partial charge on any atom is -0.309 e. The number of aromatic nitrogens is 2. The number of hydrogen-bond acceptors (Lipinski definition) is 2. The molecular weight excluding hydrogens is 611 g/mol. The summed E-state index contributed by atoms with van der Waals surface area (Å²) in [6.45, 7) is 8.08. The monoisotopic (exact) mass is 635 g/mol. The van der Waals surface area contributed by atoms with E-state index in [-0.39, 0.29) is 0 Å². The fourth-order valence-corrected chi connectivity index (χ4v) is 7.38. The van der Waals surface area contributed by atoms with Gasteiger partial charge in [0.05, 0.1) is 57.6 Å². The van der Waals surface area contributed by atoms with Gasteiger partial charge in [0, 0.05) is 32.8 Å². The van der Waals surface area contributed by atoms with E-state index in [9.17, 15) is 10.5 Å².